The molecule has 0 spiro atoms. The van der Waals surface area contributed by atoms with Crippen molar-refractivity contribution in [1.82, 2.24) is 19.7 Å². The molecule has 1 unspecified atom stereocenters. The predicted octanol–water partition coefficient (Wildman–Crippen LogP) is 2.24. The monoisotopic (exact) mass is 444 g/mol. The maximum Gasteiger partial charge on any atom is 0.409 e. The van der Waals surface area contributed by atoms with Crippen LogP contribution in [0.1, 0.15) is 31.3 Å². The molecule has 1 saturated heterocycles. The van der Waals surface area contributed by atoms with Gasteiger partial charge in [0.15, 0.2) is 0 Å². The van der Waals surface area contributed by atoms with Crippen molar-refractivity contribution in [2.75, 3.05) is 39.9 Å². The van der Waals surface area contributed by atoms with Crippen LogP contribution in [0.3, 0.4) is 0 Å². The van der Waals surface area contributed by atoms with Gasteiger partial charge < -0.3 is 29.2 Å². The summed E-state index contributed by atoms with van der Waals surface area (Å²) in [7, 11) is 3.42. The second-order valence-corrected chi connectivity index (χ2v) is 8.22. The summed E-state index contributed by atoms with van der Waals surface area (Å²) in [6.07, 6.45) is -0.360. The quantitative estimate of drug-likeness (QED) is 0.738. The minimum Gasteiger partial charge on any atom is -0.497 e. The molecule has 9 heteroatoms. The van der Waals surface area contributed by atoms with Gasteiger partial charge in [-0.15, -0.1) is 0 Å². The van der Waals surface area contributed by atoms with Gasteiger partial charge in [-0.05, 0) is 37.1 Å². The second-order valence-electron chi connectivity index (χ2n) is 8.22. The molecular weight excluding hydrogens is 412 g/mol. The largest absolute Gasteiger partial charge is 0.497 e. The maximum atomic E-state index is 13.2. The first-order chi connectivity index (χ1) is 15.3. The number of rotatable bonds is 6. The van der Waals surface area contributed by atoms with Crippen LogP contribution in [0.4, 0.5) is 4.79 Å². The van der Waals surface area contributed by atoms with Crippen LogP contribution < -0.4 is 10.1 Å². The van der Waals surface area contributed by atoms with Crippen LogP contribution >= 0.6 is 0 Å². The Morgan fingerprint density at radius 3 is 2.31 bits per heavy atom. The third-order valence-electron chi connectivity index (χ3n) is 5.82. The number of fused-ring (bicyclic) bond motifs is 1. The van der Waals surface area contributed by atoms with Crippen molar-refractivity contribution < 1.29 is 23.9 Å². The molecule has 1 atom stereocenters. The Balaban J connectivity index is 1.71. The number of aryl methyl sites for hydroxylation is 1. The lowest BCUT2D eigenvalue weighted by atomic mass is 10.0. The number of amides is 3. The van der Waals surface area contributed by atoms with E-state index >= 15 is 0 Å². The van der Waals surface area contributed by atoms with E-state index in [9.17, 15) is 14.4 Å². The molecule has 0 aliphatic carbocycles. The van der Waals surface area contributed by atoms with Gasteiger partial charge in [0, 0.05) is 44.1 Å². The van der Waals surface area contributed by atoms with Crippen LogP contribution in [-0.2, 0) is 16.6 Å². The van der Waals surface area contributed by atoms with Crippen molar-refractivity contribution in [3.8, 4) is 5.75 Å². The van der Waals surface area contributed by atoms with E-state index < -0.39 is 6.04 Å². The van der Waals surface area contributed by atoms with Crippen molar-refractivity contribution >= 4 is 28.8 Å². The fourth-order valence-corrected chi connectivity index (χ4v) is 3.92. The van der Waals surface area contributed by atoms with E-state index in [4.69, 9.17) is 9.47 Å². The summed E-state index contributed by atoms with van der Waals surface area (Å²) in [5.74, 6) is 0.175. The highest BCUT2D eigenvalue weighted by Gasteiger charge is 2.32. The third kappa shape index (κ3) is 4.81. The Hall–Kier alpha value is -3.23. The standard InChI is InChI=1S/C23H32N4O5/c1-6-32-23(30)27-11-9-26(10-12-27)22(29)20(15(2)3)24-21(28)19-14-16-13-17(31-5)7-8-18(16)25(19)4/h7-8,13-15,20H,6,9-12H2,1-5H3,(H,24,28). The highest BCUT2D eigenvalue weighted by Crippen LogP contribution is 2.24. The van der Waals surface area contributed by atoms with Gasteiger partial charge in [-0.2, -0.15) is 0 Å². The molecule has 1 aliphatic heterocycles. The van der Waals surface area contributed by atoms with Crippen molar-refractivity contribution in [2.45, 2.75) is 26.8 Å². The molecule has 3 rings (SSSR count). The molecular formula is C23H32N4O5. The van der Waals surface area contributed by atoms with Crippen LogP contribution in [0.2, 0.25) is 0 Å². The number of aromatic nitrogens is 1. The summed E-state index contributed by atoms with van der Waals surface area (Å²) < 4.78 is 12.1. The first-order valence-corrected chi connectivity index (χ1v) is 10.9. The summed E-state index contributed by atoms with van der Waals surface area (Å²) >= 11 is 0. The number of hydrogen-bond donors (Lipinski definition) is 1. The van der Waals surface area contributed by atoms with Gasteiger partial charge in [0.1, 0.15) is 17.5 Å². The minimum atomic E-state index is -0.663. The van der Waals surface area contributed by atoms with Crippen LogP contribution in [0.5, 0.6) is 5.75 Å². The number of carbonyl (C=O) groups excluding carboxylic acids is 3. The number of nitrogens with zero attached hydrogens (tertiary/aromatic N) is 3. The van der Waals surface area contributed by atoms with E-state index in [0.29, 0.717) is 44.2 Å². The fraction of sp³-hybridized carbons (Fsp3) is 0.522. The van der Waals surface area contributed by atoms with Crippen LogP contribution in [-0.4, -0.2) is 78.2 Å². The number of piperazine rings is 1. The van der Waals surface area contributed by atoms with Gasteiger partial charge in [0.05, 0.1) is 13.7 Å². The van der Waals surface area contributed by atoms with E-state index in [1.54, 1.807) is 29.9 Å². The van der Waals surface area contributed by atoms with Crippen LogP contribution in [0.15, 0.2) is 24.3 Å². The SMILES string of the molecule is CCOC(=O)N1CCN(C(=O)C(NC(=O)c2cc3cc(OC)ccc3n2C)C(C)C)CC1. The van der Waals surface area contributed by atoms with E-state index in [0.717, 1.165) is 10.9 Å². The Labute approximate surface area is 188 Å². The van der Waals surface area contributed by atoms with Crippen molar-refractivity contribution in [3.05, 3.63) is 30.0 Å². The Kier molecular flexibility index (Phi) is 7.27. The molecule has 0 bridgehead atoms. The molecule has 1 aliphatic rings. The molecule has 174 valence electrons. The summed E-state index contributed by atoms with van der Waals surface area (Å²) in [5, 5.41) is 3.82. The first-order valence-electron chi connectivity index (χ1n) is 10.9. The topological polar surface area (TPSA) is 93.1 Å². The average molecular weight is 445 g/mol. The van der Waals surface area contributed by atoms with Crippen molar-refractivity contribution in [2.24, 2.45) is 13.0 Å². The first kappa shape index (κ1) is 23.4. The molecule has 32 heavy (non-hydrogen) atoms. The molecule has 1 aromatic carbocycles. The lowest BCUT2D eigenvalue weighted by Crippen LogP contribution is -2.57. The number of benzene rings is 1. The molecule has 0 radical (unpaired) electrons. The number of hydrogen-bond acceptors (Lipinski definition) is 5. The number of carbonyl (C=O) groups is 3. The smallest absolute Gasteiger partial charge is 0.409 e. The molecule has 1 aromatic heterocycles. The third-order valence-corrected chi connectivity index (χ3v) is 5.82. The summed E-state index contributed by atoms with van der Waals surface area (Å²) in [6, 6.07) is 6.76. The average Bonchev–Trinajstić information content (AvgIpc) is 3.12. The Morgan fingerprint density at radius 2 is 1.72 bits per heavy atom. The van der Waals surface area contributed by atoms with Gasteiger partial charge in [0.25, 0.3) is 5.91 Å². The second kappa shape index (κ2) is 9.93. The van der Waals surface area contributed by atoms with E-state index in [1.807, 2.05) is 43.7 Å². The molecule has 1 N–H and O–H groups in total. The summed E-state index contributed by atoms with van der Waals surface area (Å²) in [4.78, 5) is 41.5. The van der Waals surface area contributed by atoms with Gasteiger partial charge in [-0.3, -0.25) is 9.59 Å². The predicted molar refractivity (Wildman–Crippen MR) is 121 cm³/mol. The zero-order chi connectivity index (χ0) is 23.4. The number of nitrogens with one attached hydrogen (secondary N) is 1. The highest BCUT2D eigenvalue weighted by molar-refractivity contribution is 6.01. The van der Waals surface area contributed by atoms with Gasteiger partial charge in [-0.1, -0.05) is 13.8 Å². The molecule has 0 saturated carbocycles. The van der Waals surface area contributed by atoms with E-state index in [1.165, 1.54) is 0 Å². The lowest BCUT2D eigenvalue weighted by molar-refractivity contribution is -0.135. The molecule has 3 amide bonds. The Morgan fingerprint density at radius 1 is 1.06 bits per heavy atom. The lowest BCUT2D eigenvalue weighted by Gasteiger charge is -2.36. The van der Waals surface area contributed by atoms with Gasteiger partial charge >= 0.3 is 6.09 Å². The highest BCUT2D eigenvalue weighted by atomic mass is 16.6. The van der Waals surface area contributed by atoms with E-state index in [2.05, 4.69) is 5.32 Å². The van der Waals surface area contributed by atoms with Crippen molar-refractivity contribution in [1.29, 1.82) is 0 Å². The van der Waals surface area contributed by atoms with Crippen LogP contribution in [0, 0.1) is 5.92 Å². The van der Waals surface area contributed by atoms with Crippen molar-refractivity contribution in [3.63, 3.8) is 0 Å². The molecule has 1 fully saturated rings. The normalized spacial score (nSPS) is 15.1. The van der Waals surface area contributed by atoms with Crippen LogP contribution in [0.25, 0.3) is 10.9 Å². The molecule has 2 aromatic rings. The fourth-order valence-electron chi connectivity index (χ4n) is 3.92. The van der Waals surface area contributed by atoms with Gasteiger partial charge in [-0.25, -0.2) is 4.79 Å². The number of methoxy groups -OCH3 is 1. The minimum absolute atomic E-state index is 0.0932. The maximum absolute atomic E-state index is 13.2. The number of ether oxygens (including phenoxy) is 2. The summed E-state index contributed by atoms with van der Waals surface area (Å²) in [6.45, 7) is 7.53. The van der Waals surface area contributed by atoms with Gasteiger partial charge in [0.2, 0.25) is 5.91 Å². The Bertz CT molecular complexity index is 992. The molecule has 9 nitrogen and oxygen atoms in total. The zero-order valence-electron chi connectivity index (χ0n) is 19.4. The summed E-state index contributed by atoms with van der Waals surface area (Å²) in [5.41, 5.74) is 1.37. The zero-order valence-corrected chi connectivity index (χ0v) is 19.4. The van der Waals surface area contributed by atoms with E-state index in [-0.39, 0.29) is 23.8 Å². The molecule has 2 heterocycles.